The lowest BCUT2D eigenvalue weighted by Gasteiger charge is -2.32. The van der Waals surface area contributed by atoms with Gasteiger partial charge in [-0.25, -0.2) is 4.98 Å². The molecule has 1 saturated heterocycles. The summed E-state index contributed by atoms with van der Waals surface area (Å²) in [7, 11) is 4.07. The average Bonchev–Trinajstić information content (AvgIpc) is 2.76. The maximum Gasteiger partial charge on any atom is 0.229 e. The van der Waals surface area contributed by atoms with Gasteiger partial charge in [-0.3, -0.25) is 4.90 Å². The van der Waals surface area contributed by atoms with E-state index in [-0.39, 0.29) is 0 Å². The Bertz CT molecular complexity index is 980. The van der Waals surface area contributed by atoms with Gasteiger partial charge in [0.15, 0.2) is 0 Å². The van der Waals surface area contributed by atoms with Crippen molar-refractivity contribution in [2.75, 3.05) is 42.7 Å². The van der Waals surface area contributed by atoms with Crippen LogP contribution in [-0.4, -0.2) is 48.1 Å². The Kier molecular flexibility index (Phi) is 6.67. The number of aromatic nitrogens is 2. The molecule has 2 N–H and O–H groups in total. The Morgan fingerprint density at radius 3 is 2.48 bits per heavy atom. The lowest BCUT2D eigenvalue weighted by atomic mass is 10.0. The number of nitrogens with one attached hydrogen (secondary N) is 2. The molecule has 4 rings (SSSR count). The van der Waals surface area contributed by atoms with Crippen LogP contribution < -0.4 is 15.5 Å². The molecule has 1 aliphatic heterocycles. The number of aryl methyl sites for hydroxylation is 1. The number of rotatable bonds is 7. The van der Waals surface area contributed by atoms with Crippen LogP contribution in [0, 0.1) is 6.92 Å². The van der Waals surface area contributed by atoms with E-state index in [0.717, 1.165) is 55.4 Å². The molecule has 0 saturated carbocycles. The standard InChI is InChI=1S/C25H32N6/c1-19-16-24(29-25(26-19)28-22-10-7-11-23(17-22)30(2)3)27-21-12-14-31(15-13-21)18-20-8-5-4-6-9-20/h4-11,16-17,21H,12-15,18H2,1-3H3,(H2,26,27,28,29). The molecule has 2 aromatic carbocycles. The van der Waals surface area contributed by atoms with Crippen molar-refractivity contribution in [2.24, 2.45) is 0 Å². The van der Waals surface area contributed by atoms with Crippen LogP contribution in [0.2, 0.25) is 0 Å². The molecule has 2 heterocycles. The van der Waals surface area contributed by atoms with Gasteiger partial charge < -0.3 is 15.5 Å². The van der Waals surface area contributed by atoms with Crippen LogP contribution in [0.3, 0.4) is 0 Å². The lowest BCUT2D eigenvalue weighted by molar-refractivity contribution is 0.211. The summed E-state index contributed by atoms with van der Waals surface area (Å²) in [6, 6.07) is 21.4. The van der Waals surface area contributed by atoms with Crippen LogP contribution >= 0.6 is 0 Å². The van der Waals surface area contributed by atoms with E-state index in [1.807, 2.05) is 39.2 Å². The molecular formula is C25H32N6. The summed E-state index contributed by atoms with van der Waals surface area (Å²) in [5.41, 5.74) is 4.45. The van der Waals surface area contributed by atoms with Crippen LogP contribution in [0.15, 0.2) is 60.7 Å². The summed E-state index contributed by atoms with van der Waals surface area (Å²) < 4.78 is 0. The maximum atomic E-state index is 4.72. The largest absolute Gasteiger partial charge is 0.378 e. The van der Waals surface area contributed by atoms with Gasteiger partial charge in [-0.15, -0.1) is 0 Å². The number of hydrogen-bond donors (Lipinski definition) is 2. The zero-order chi connectivity index (χ0) is 21.6. The van der Waals surface area contributed by atoms with Crippen LogP contribution in [0.4, 0.5) is 23.1 Å². The molecule has 6 heteroatoms. The van der Waals surface area contributed by atoms with Crippen LogP contribution in [0.1, 0.15) is 24.1 Å². The summed E-state index contributed by atoms with van der Waals surface area (Å²) in [6.45, 7) is 5.23. The molecular weight excluding hydrogens is 384 g/mol. The number of piperidine rings is 1. The van der Waals surface area contributed by atoms with Crippen molar-refractivity contribution in [3.8, 4) is 0 Å². The van der Waals surface area contributed by atoms with Gasteiger partial charge in [0.05, 0.1) is 0 Å². The van der Waals surface area contributed by atoms with Gasteiger partial charge in [0, 0.05) is 62.9 Å². The van der Waals surface area contributed by atoms with Crippen molar-refractivity contribution in [2.45, 2.75) is 32.4 Å². The minimum Gasteiger partial charge on any atom is -0.378 e. The number of likely N-dealkylation sites (tertiary alicyclic amines) is 1. The van der Waals surface area contributed by atoms with Gasteiger partial charge in [0.2, 0.25) is 5.95 Å². The van der Waals surface area contributed by atoms with Crippen molar-refractivity contribution in [3.05, 3.63) is 71.9 Å². The molecule has 1 aromatic heterocycles. The molecule has 1 aliphatic rings. The zero-order valence-electron chi connectivity index (χ0n) is 18.7. The van der Waals surface area contributed by atoms with E-state index >= 15 is 0 Å². The summed E-state index contributed by atoms with van der Waals surface area (Å²) in [5, 5.41) is 6.99. The SMILES string of the molecule is Cc1cc(NC2CCN(Cc3ccccc3)CC2)nc(Nc2cccc(N(C)C)c2)n1. The molecule has 0 atom stereocenters. The molecule has 0 amide bonds. The third kappa shape index (κ3) is 5.95. The van der Waals surface area contributed by atoms with E-state index in [2.05, 4.69) is 67.9 Å². The Morgan fingerprint density at radius 2 is 1.74 bits per heavy atom. The number of nitrogens with zero attached hydrogens (tertiary/aromatic N) is 4. The van der Waals surface area contributed by atoms with Gasteiger partial charge in [0.1, 0.15) is 5.82 Å². The van der Waals surface area contributed by atoms with E-state index in [1.54, 1.807) is 0 Å². The fraction of sp³-hybridized carbons (Fsp3) is 0.360. The molecule has 0 spiro atoms. The van der Waals surface area contributed by atoms with E-state index in [0.29, 0.717) is 12.0 Å². The fourth-order valence-electron chi connectivity index (χ4n) is 3.98. The Labute approximate surface area is 185 Å². The van der Waals surface area contributed by atoms with Crippen molar-refractivity contribution >= 4 is 23.1 Å². The first kappa shape index (κ1) is 21.1. The maximum absolute atomic E-state index is 4.72. The first-order valence-electron chi connectivity index (χ1n) is 11.0. The van der Waals surface area contributed by atoms with Crippen molar-refractivity contribution in [1.82, 2.24) is 14.9 Å². The minimum atomic E-state index is 0.436. The van der Waals surface area contributed by atoms with Crippen LogP contribution in [0.25, 0.3) is 0 Å². The van der Waals surface area contributed by atoms with Gasteiger partial charge in [0.25, 0.3) is 0 Å². The van der Waals surface area contributed by atoms with Gasteiger partial charge in [-0.2, -0.15) is 4.98 Å². The highest BCUT2D eigenvalue weighted by Crippen LogP contribution is 2.22. The molecule has 3 aromatic rings. The van der Waals surface area contributed by atoms with Gasteiger partial charge in [-0.1, -0.05) is 36.4 Å². The third-order valence-electron chi connectivity index (χ3n) is 5.66. The zero-order valence-corrected chi connectivity index (χ0v) is 18.7. The third-order valence-corrected chi connectivity index (χ3v) is 5.66. The van der Waals surface area contributed by atoms with E-state index in [9.17, 15) is 0 Å². The Morgan fingerprint density at radius 1 is 0.968 bits per heavy atom. The summed E-state index contributed by atoms with van der Waals surface area (Å²) in [6.07, 6.45) is 2.23. The second kappa shape index (κ2) is 9.79. The highest BCUT2D eigenvalue weighted by molar-refractivity contribution is 5.62. The molecule has 0 radical (unpaired) electrons. The second-order valence-electron chi connectivity index (χ2n) is 8.47. The smallest absolute Gasteiger partial charge is 0.229 e. The minimum absolute atomic E-state index is 0.436. The lowest BCUT2D eigenvalue weighted by Crippen LogP contribution is -2.38. The highest BCUT2D eigenvalue weighted by Gasteiger charge is 2.19. The van der Waals surface area contributed by atoms with E-state index in [4.69, 9.17) is 4.98 Å². The van der Waals surface area contributed by atoms with Crippen LogP contribution in [0.5, 0.6) is 0 Å². The van der Waals surface area contributed by atoms with Crippen molar-refractivity contribution in [3.63, 3.8) is 0 Å². The Balaban J connectivity index is 1.35. The normalized spacial score (nSPS) is 14.9. The monoisotopic (exact) mass is 416 g/mol. The van der Waals surface area contributed by atoms with Crippen molar-refractivity contribution in [1.29, 1.82) is 0 Å². The molecule has 0 bridgehead atoms. The van der Waals surface area contributed by atoms with Crippen molar-refractivity contribution < 1.29 is 0 Å². The highest BCUT2D eigenvalue weighted by atomic mass is 15.2. The average molecular weight is 417 g/mol. The quantitative estimate of drug-likeness (QED) is 0.584. The van der Waals surface area contributed by atoms with Crippen LogP contribution in [-0.2, 0) is 6.54 Å². The van der Waals surface area contributed by atoms with E-state index in [1.165, 1.54) is 5.56 Å². The molecule has 162 valence electrons. The molecule has 0 aliphatic carbocycles. The number of benzene rings is 2. The first-order valence-corrected chi connectivity index (χ1v) is 11.0. The second-order valence-corrected chi connectivity index (χ2v) is 8.47. The molecule has 6 nitrogen and oxygen atoms in total. The Hall–Kier alpha value is -3.12. The molecule has 31 heavy (non-hydrogen) atoms. The predicted molar refractivity (Wildman–Crippen MR) is 129 cm³/mol. The summed E-state index contributed by atoms with van der Waals surface area (Å²) in [5.74, 6) is 1.51. The summed E-state index contributed by atoms with van der Waals surface area (Å²) >= 11 is 0. The first-order chi connectivity index (χ1) is 15.0. The topological polar surface area (TPSA) is 56.3 Å². The fourth-order valence-corrected chi connectivity index (χ4v) is 3.98. The molecule has 0 unspecified atom stereocenters. The predicted octanol–water partition coefficient (Wildman–Crippen LogP) is 4.67. The number of hydrogen-bond acceptors (Lipinski definition) is 6. The number of anilines is 4. The van der Waals surface area contributed by atoms with Gasteiger partial charge in [-0.05, 0) is 43.5 Å². The van der Waals surface area contributed by atoms with E-state index < -0.39 is 0 Å². The summed E-state index contributed by atoms with van der Waals surface area (Å²) in [4.78, 5) is 13.9. The molecule has 1 fully saturated rings. The van der Waals surface area contributed by atoms with Gasteiger partial charge >= 0.3 is 0 Å².